The molecule has 2 rings (SSSR count). The summed E-state index contributed by atoms with van der Waals surface area (Å²) in [4.78, 5) is 19.5. The molecule has 3 nitrogen and oxygen atoms in total. The first-order valence-corrected chi connectivity index (χ1v) is 15.0. The molecule has 0 saturated carbocycles. The highest BCUT2D eigenvalue weighted by molar-refractivity contribution is 7.39. The molecule has 0 aliphatic heterocycles. The van der Waals surface area contributed by atoms with Gasteiger partial charge in [-0.15, -0.1) is 0 Å². The number of hydrogen-bond donors (Lipinski definition) is 2. The minimum absolute atomic E-state index is 0.0435. The van der Waals surface area contributed by atoms with E-state index in [1.54, 1.807) is 0 Å². The number of rotatable bonds is 13. The molecule has 0 aliphatic rings. The van der Waals surface area contributed by atoms with Gasteiger partial charge in [0.25, 0.3) is 0 Å². The first-order valence-electron chi connectivity index (χ1n) is 13.8. The molecule has 0 aromatic heterocycles. The van der Waals surface area contributed by atoms with Gasteiger partial charge in [-0.25, -0.2) is 0 Å². The van der Waals surface area contributed by atoms with Crippen LogP contribution < -0.4 is 0 Å². The largest absolute Gasteiger partial charge is 0.328 e. The van der Waals surface area contributed by atoms with Gasteiger partial charge in [-0.05, 0) is 108 Å². The van der Waals surface area contributed by atoms with Gasteiger partial charge in [-0.1, -0.05) is 79.7 Å². The Hall–Kier alpha value is -1.25. The summed E-state index contributed by atoms with van der Waals surface area (Å²) in [7, 11) is -2.42. The third kappa shape index (κ3) is 9.25. The first-order chi connectivity index (χ1) is 16.8. The van der Waals surface area contributed by atoms with E-state index in [2.05, 4.69) is 93.5 Å². The maximum Gasteiger partial charge on any atom is 0.327 e. The van der Waals surface area contributed by atoms with Gasteiger partial charge in [0, 0.05) is 5.92 Å². The van der Waals surface area contributed by atoms with Crippen LogP contribution in [0.15, 0.2) is 24.3 Å². The topological polar surface area (TPSA) is 49.7 Å². The van der Waals surface area contributed by atoms with Crippen molar-refractivity contribution in [1.29, 1.82) is 0 Å². The fourth-order valence-electron chi connectivity index (χ4n) is 5.75. The molecule has 0 bridgehead atoms. The van der Waals surface area contributed by atoms with E-state index in [1.165, 1.54) is 44.5 Å². The third-order valence-corrected chi connectivity index (χ3v) is 7.04. The summed E-state index contributed by atoms with van der Waals surface area (Å²) in [5, 5.41) is 0. The van der Waals surface area contributed by atoms with Gasteiger partial charge in [0.15, 0.2) is 0 Å². The standard InChI is InChI=1S/C32H51O3P/c1-20(2)11-26-15-24(9)31(28(17-26)13-22(5)6)30(19-35-36(33)34)32-25(10)16-27(12-21(3)4)18-29(32)14-23(7)8/h15-18,20-23,30,33-34H,11-14,19H2,1-10H3. The molecular formula is C32H51O3P. The van der Waals surface area contributed by atoms with Gasteiger partial charge in [0.05, 0.1) is 6.61 Å². The maximum atomic E-state index is 9.75. The Kier molecular flexibility index (Phi) is 12.1. The van der Waals surface area contributed by atoms with Crippen LogP contribution in [0.2, 0.25) is 0 Å². The van der Waals surface area contributed by atoms with Gasteiger partial charge in [0.1, 0.15) is 0 Å². The summed E-state index contributed by atoms with van der Waals surface area (Å²) in [6, 6.07) is 9.50. The Labute approximate surface area is 222 Å². The molecule has 202 valence electrons. The molecule has 4 heteroatoms. The van der Waals surface area contributed by atoms with Crippen LogP contribution in [0.5, 0.6) is 0 Å². The summed E-state index contributed by atoms with van der Waals surface area (Å²) in [5.41, 5.74) is 10.7. The minimum Gasteiger partial charge on any atom is -0.328 e. The van der Waals surface area contributed by atoms with Crippen molar-refractivity contribution in [1.82, 2.24) is 0 Å². The summed E-state index contributed by atoms with van der Waals surface area (Å²) in [6.45, 7) is 22.9. The van der Waals surface area contributed by atoms with Crippen LogP contribution in [0.3, 0.4) is 0 Å². The van der Waals surface area contributed by atoms with E-state index in [-0.39, 0.29) is 12.5 Å². The number of hydrogen-bond acceptors (Lipinski definition) is 3. The van der Waals surface area contributed by atoms with Gasteiger partial charge in [0.2, 0.25) is 0 Å². The van der Waals surface area contributed by atoms with E-state index < -0.39 is 8.60 Å². The quantitative estimate of drug-likeness (QED) is 0.264. The van der Waals surface area contributed by atoms with Gasteiger partial charge >= 0.3 is 8.60 Å². The molecule has 0 unspecified atom stereocenters. The van der Waals surface area contributed by atoms with Crippen molar-refractivity contribution in [2.24, 2.45) is 23.7 Å². The van der Waals surface area contributed by atoms with E-state index in [0.717, 1.165) is 25.7 Å². The molecule has 2 aromatic carbocycles. The lowest BCUT2D eigenvalue weighted by atomic mass is 9.77. The molecule has 0 spiro atoms. The molecular weight excluding hydrogens is 463 g/mol. The molecule has 36 heavy (non-hydrogen) atoms. The van der Waals surface area contributed by atoms with Crippen LogP contribution >= 0.6 is 8.60 Å². The second-order valence-electron chi connectivity index (χ2n) is 12.5. The molecule has 0 radical (unpaired) electrons. The van der Waals surface area contributed by atoms with Crippen LogP contribution in [0.1, 0.15) is 106 Å². The lowest BCUT2D eigenvalue weighted by Crippen LogP contribution is -2.18. The highest BCUT2D eigenvalue weighted by Crippen LogP contribution is 2.40. The Morgan fingerprint density at radius 1 is 0.611 bits per heavy atom. The van der Waals surface area contributed by atoms with E-state index in [0.29, 0.717) is 23.7 Å². The average Bonchev–Trinajstić information content (AvgIpc) is 2.68. The normalized spacial score (nSPS) is 12.4. The molecule has 0 aliphatic carbocycles. The zero-order valence-electron chi connectivity index (χ0n) is 24.5. The van der Waals surface area contributed by atoms with Crippen molar-refractivity contribution < 1.29 is 14.3 Å². The van der Waals surface area contributed by atoms with Gasteiger partial charge < -0.3 is 14.3 Å². The Morgan fingerprint density at radius 2 is 0.972 bits per heavy atom. The van der Waals surface area contributed by atoms with Crippen LogP contribution in [0.25, 0.3) is 0 Å². The predicted molar refractivity (Wildman–Crippen MR) is 156 cm³/mol. The van der Waals surface area contributed by atoms with Crippen LogP contribution in [0, 0.1) is 37.5 Å². The SMILES string of the molecule is Cc1cc(CC(C)C)cc(CC(C)C)c1C(COP(O)O)c1c(C)cc(CC(C)C)cc1CC(C)C. The summed E-state index contributed by atoms with van der Waals surface area (Å²) >= 11 is 0. The van der Waals surface area contributed by atoms with Crippen molar-refractivity contribution in [3.05, 3.63) is 68.8 Å². The Bertz CT molecular complexity index is 902. The molecule has 0 amide bonds. The highest BCUT2D eigenvalue weighted by Gasteiger charge is 2.27. The molecule has 2 N–H and O–H groups in total. The Balaban J connectivity index is 2.80. The van der Waals surface area contributed by atoms with E-state index in [4.69, 9.17) is 4.52 Å². The molecule has 0 atom stereocenters. The third-order valence-electron chi connectivity index (χ3n) is 6.66. The van der Waals surface area contributed by atoms with Crippen LogP contribution in [-0.4, -0.2) is 16.4 Å². The monoisotopic (exact) mass is 514 g/mol. The van der Waals surface area contributed by atoms with Crippen LogP contribution in [0.4, 0.5) is 0 Å². The maximum absolute atomic E-state index is 9.75. The lowest BCUT2D eigenvalue weighted by Gasteiger charge is -2.29. The van der Waals surface area contributed by atoms with Gasteiger partial charge in [-0.3, -0.25) is 0 Å². The number of aryl methyl sites for hydroxylation is 2. The minimum atomic E-state index is -2.42. The van der Waals surface area contributed by atoms with Crippen LogP contribution in [-0.2, 0) is 30.2 Å². The summed E-state index contributed by atoms with van der Waals surface area (Å²) < 4.78 is 5.61. The summed E-state index contributed by atoms with van der Waals surface area (Å²) in [5.74, 6) is 2.20. The predicted octanol–water partition coefficient (Wildman–Crippen LogP) is 8.46. The van der Waals surface area contributed by atoms with Crippen molar-refractivity contribution >= 4 is 8.60 Å². The van der Waals surface area contributed by atoms with E-state index in [1.807, 2.05) is 0 Å². The summed E-state index contributed by atoms with van der Waals surface area (Å²) in [6.07, 6.45) is 4.12. The second kappa shape index (κ2) is 14.1. The van der Waals surface area contributed by atoms with E-state index >= 15 is 0 Å². The average molecular weight is 515 g/mol. The fourth-order valence-corrected chi connectivity index (χ4v) is 6.03. The fraction of sp³-hybridized carbons (Fsp3) is 0.625. The van der Waals surface area contributed by atoms with Crippen molar-refractivity contribution in [2.45, 2.75) is 101 Å². The second-order valence-corrected chi connectivity index (χ2v) is 13.2. The van der Waals surface area contributed by atoms with E-state index in [9.17, 15) is 9.79 Å². The lowest BCUT2D eigenvalue weighted by molar-refractivity contribution is 0.245. The first kappa shape index (κ1) is 31.0. The van der Waals surface area contributed by atoms with Crippen molar-refractivity contribution in [2.75, 3.05) is 6.61 Å². The zero-order chi connectivity index (χ0) is 27.2. The van der Waals surface area contributed by atoms with Gasteiger partial charge in [-0.2, -0.15) is 0 Å². The molecule has 0 saturated heterocycles. The van der Waals surface area contributed by atoms with Crippen molar-refractivity contribution in [3.63, 3.8) is 0 Å². The highest BCUT2D eigenvalue weighted by atomic mass is 31.2. The molecule has 2 aromatic rings. The van der Waals surface area contributed by atoms with Crippen molar-refractivity contribution in [3.8, 4) is 0 Å². The number of benzene rings is 2. The Morgan fingerprint density at radius 3 is 1.28 bits per heavy atom. The molecule has 0 heterocycles. The smallest absolute Gasteiger partial charge is 0.327 e. The molecule has 0 fully saturated rings. The zero-order valence-corrected chi connectivity index (χ0v) is 25.4.